The molecule has 0 saturated heterocycles. The van der Waals surface area contributed by atoms with E-state index in [1.165, 1.54) is 0 Å². The van der Waals surface area contributed by atoms with Gasteiger partial charge in [-0.15, -0.1) is 0 Å². The van der Waals surface area contributed by atoms with Crippen LogP contribution >= 0.6 is 0 Å². The maximum absolute atomic E-state index is 13.5. The average molecular weight is 498 g/mol. The molecule has 5 rings (SSSR count). The van der Waals surface area contributed by atoms with Crippen molar-refractivity contribution in [2.24, 2.45) is 0 Å². The highest BCUT2D eigenvalue weighted by Crippen LogP contribution is 2.44. The molecule has 0 bridgehead atoms. The molecular weight excluding hydrogens is 466 g/mol. The molecule has 1 aliphatic carbocycles. The third-order valence-electron chi connectivity index (χ3n) is 7.03. The molecule has 0 radical (unpaired) electrons. The molecule has 37 heavy (non-hydrogen) atoms. The van der Waals surface area contributed by atoms with Crippen LogP contribution in [0.15, 0.2) is 84.1 Å². The summed E-state index contributed by atoms with van der Waals surface area (Å²) in [6.45, 7) is 2.95. The lowest BCUT2D eigenvalue weighted by molar-refractivity contribution is -0.122. The number of hydrogen-bond donors (Lipinski definition) is 1. The molecule has 3 aromatic rings. The van der Waals surface area contributed by atoms with E-state index in [0.29, 0.717) is 37.6 Å². The monoisotopic (exact) mass is 497 g/mol. The van der Waals surface area contributed by atoms with Crippen molar-refractivity contribution in [3.05, 3.63) is 101 Å². The molecule has 3 aromatic carbocycles. The Hall–Kier alpha value is -4.06. The summed E-state index contributed by atoms with van der Waals surface area (Å²) in [7, 11) is 1.61. The molecule has 1 N–H and O–H groups in total. The Kier molecular flexibility index (Phi) is 7.26. The van der Waals surface area contributed by atoms with E-state index in [0.717, 1.165) is 33.7 Å². The molecule has 0 spiro atoms. The van der Waals surface area contributed by atoms with E-state index in [1.807, 2.05) is 79.7 Å². The van der Waals surface area contributed by atoms with Crippen LogP contribution in [-0.4, -0.2) is 25.4 Å². The summed E-state index contributed by atoms with van der Waals surface area (Å²) in [6.07, 6.45) is 1.25. The minimum Gasteiger partial charge on any atom is -0.493 e. The highest BCUT2D eigenvalue weighted by molar-refractivity contribution is 6.02. The normalized spacial score (nSPS) is 19.2. The van der Waals surface area contributed by atoms with Gasteiger partial charge in [-0.2, -0.15) is 0 Å². The third kappa shape index (κ3) is 5.38. The van der Waals surface area contributed by atoms with Crippen LogP contribution in [0.25, 0.3) is 0 Å². The van der Waals surface area contributed by atoms with E-state index in [1.54, 1.807) is 7.11 Å². The number of ether oxygens (including phenoxy) is 3. The van der Waals surface area contributed by atoms with Gasteiger partial charge in [-0.1, -0.05) is 48.5 Å². The molecule has 1 amide bonds. The van der Waals surface area contributed by atoms with Crippen LogP contribution < -0.4 is 19.5 Å². The van der Waals surface area contributed by atoms with E-state index >= 15 is 0 Å². The second-order valence-electron chi connectivity index (χ2n) is 9.41. The van der Waals surface area contributed by atoms with Crippen LogP contribution in [0.4, 0.5) is 0 Å². The predicted molar refractivity (Wildman–Crippen MR) is 141 cm³/mol. The van der Waals surface area contributed by atoms with Gasteiger partial charge in [0.15, 0.2) is 17.3 Å². The van der Waals surface area contributed by atoms with E-state index in [-0.39, 0.29) is 29.9 Å². The maximum Gasteiger partial charge on any atom is 0.225 e. The molecule has 0 aromatic heterocycles. The SMILES string of the molecule is CCOc1ccc(C2CC(=O)C3=C(C2)NC(=O)CC3c2ccc(OCc3ccccc3)cc2)cc1OC. The quantitative estimate of drug-likeness (QED) is 0.434. The van der Waals surface area contributed by atoms with Crippen LogP contribution in [-0.2, 0) is 16.2 Å². The first-order valence-electron chi connectivity index (χ1n) is 12.7. The van der Waals surface area contributed by atoms with Gasteiger partial charge in [-0.05, 0) is 60.2 Å². The minimum atomic E-state index is -0.254. The van der Waals surface area contributed by atoms with Crippen molar-refractivity contribution >= 4 is 11.7 Å². The molecule has 2 atom stereocenters. The first kappa shape index (κ1) is 24.6. The van der Waals surface area contributed by atoms with Crippen LogP contribution in [0.3, 0.4) is 0 Å². The van der Waals surface area contributed by atoms with Gasteiger partial charge in [0.1, 0.15) is 12.4 Å². The van der Waals surface area contributed by atoms with Crippen LogP contribution in [0.2, 0.25) is 0 Å². The predicted octanol–water partition coefficient (Wildman–Crippen LogP) is 5.68. The Morgan fingerprint density at radius 1 is 0.838 bits per heavy atom. The molecule has 6 nitrogen and oxygen atoms in total. The Balaban J connectivity index is 1.35. The summed E-state index contributed by atoms with van der Waals surface area (Å²) in [6, 6.07) is 23.5. The summed E-state index contributed by atoms with van der Waals surface area (Å²) in [5, 5.41) is 3.00. The lowest BCUT2D eigenvalue weighted by Gasteiger charge is -2.34. The van der Waals surface area contributed by atoms with Crippen molar-refractivity contribution in [3.63, 3.8) is 0 Å². The average Bonchev–Trinajstić information content (AvgIpc) is 2.92. The Bertz CT molecular complexity index is 1310. The Labute approximate surface area is 217 Å². The molecule has 1 aliphatic heterocycles. The van der Waals surface area contributed by atoms with E-state index in [2.05, 4.69) is 5.32 Å². The lowest BCUT2D eigenvalue weighted by Crippen LogP contribution is -2.38. The van der Waals surface area contributed by atoms with Gasteiger partial charge < -0.3 is 19.5 Å². The molecule has 0 fully saturated rings. The highest BCUT2D eigenvalue weighted by atomic mass is 16.5. The topological polar surface area (TPSA) is 73.9 Å². The molecule has 6 heteroatoms. The summed E-state index contributed by atoms with van der Waals surface area (Å²) in [5.74, 6) is 1.80. The standard InChI is InChI=1S/C31H31NO5/c1-3-36-28-14-11-22(17-29(28)35-2)23-15-26-31(27(33)16-23)25(18-30(34)32-26)21-9-12-24(13-10-21)37-19-20-7-5-4-6-8-20/h4-14,17,23,25H,3,15-16,18-19H2,1-2H3,(H,32,34). The van der Waals surface area contributed by atoms with Gasteiger partial charge in [0.25, 0.3) is 0 Å². The first-order chi connectivity index (χ1) is 18.1. The Morgan fingerprint density at radius 3 is 2.32 bits per heavy atom. The summed E-state index contributed by atoms with van der Waals surface area (Å²) in [4.78, 5) is 26.1. The zero-order valence-corrected chi connectivity index (χ0v) is 21.2. The highest BCUT2D eigenvalue weighted by Gasteiger charge is 2.38. The fraction of sp³-hybridized carbons (Fsp3) is 0.290. The van der Waals surface area contributed by atoms with Gasteiger partial charge in [0.05, 0.1) is 13.7 Å². The zero-order chi connectivity index (χ0) is 25.8. The zero-order valence-electron chi connectivity index (χ0n) is 21.2. The number of ketones is 1. The lowest BCUT2D eigenvalue weighted by atomic mass is 9.73. The number of carbonyl (C=O) groups is 2. The largest absolute Gasteiger partial charge is 0.493 e. The van der Waals surface area contributed by atoms with Crippen molar-refractivity contribution in [3.8, 4) is 17.2 Å². The molecular formula is C31H31NO5. The number of benzene rings is 3. The van der Waals surface area contributed by atoms with Crippen molar-refractivity contribution in [2.75, 3.05) is 13.7 Å². The van der Waals surface area contributed by atoms with Crippen molar-refractivity contribution < 1.29 is 23.8 Å². The number of hydrogen-bond acceptors (Lipinski definition) is 5. The molecule has 2 aliphatic rings. The van der Waals surface area contributed by atoms with Crippen molar-refractivity contribution in [1.82, 2.24) is 5.32 Å². The molecule has 0 saturated carbocycles. The van der Waals surface area contributed by atoms with E-state index < -0.39 is 0 Å². The third-order valence-corrected chi connectivity index (χ3v) is 7.03. The number of nitrogens with one attached hydrogen (secondary N) is 1. The van der Waals surface area contributed by atoms with Crippen molar-refractivity contribution in [2.45, 2.75) is 44.6 Å². The molecule has 1 heterocycles. The van der Waals surface area contributed by atoms with Gasteiger partial charge in [0.2, 0.25) is 5.91 Å². The van der Waals surface area contributed by atoms with Crippen LogP contribution in [0, 0.1) is 0 Å². The van der Waals surface area contributed by atoms with Gasteiger partial charge >= 0.3 is 0 Å². The van der Waals surface area contributed by atoms with E-state index in [9.17, 15) is 9.59 Å². The van der Waals surface area contributed by atoms with Gasteiger partial charge in [-0.25, -0.2) is 0 Å². The number of methoxy groups -OCH3 is 1. The minimum absolute atomic E-state index is 0.0383. The number of carbonyl (C=O) groups excluding carboxylic acids is 2. The summed E-state index contributed by atoms with van der Waals surface area (Å²) in [5.41, 5.74) is 4.50. The van der Waals surface area contributed by atoms with Gasteiger partial charge in [-0.3, -0.25) is 9.59 Å². The summed E-state index contributed by atoms with van der Waals surface area (Å²) >= 11 is 0. The fourth-order valence-electron chi connectivity index (χ4n) is 5.23. The first-order valence-corrected chi connectivity index (χ1v) is 12.7. The summed E-state index contributed by atoms with van der Waals surface area (Å²) < 4.78 is 17.0. The Morgan fingerprint density at radius 2 is 1.59 bits per heavy atom. The van der Waals surface area contributed by atoms with E-state index in [4.69, 9.17) is 14.2 Å². The number of amides is 1. The molecule has 190 valence electrons. The second-order valence-corrected chi connectivity index (χ2v) is 9.41. The van der Waals surface area contributed by atoms with Crippen molar-refractivity contribution in [1.29, 1.82) is 0 Å². The van der Waals surface area contributed by atoms with Crippen LogP contribution in [0.5, 0.6) is 17.2 Å². The van der Waals surface area contributed by atoms with Gasteiger partial charge in [0, 0.05) is 30.0 Å². The second kappa shape index (κ2) is 10.9. The molecule has 2 unspecified atom stereocenters. The number of rotatable bonds is 8. The fourth-order valence-corrected chi connectivity index (χ4v) is 5.23. The maximum atomic E-state index is 13.5. The number of Topliss-reactive ketones (excluding diaryl/α,β-unsaturated/α-hetero) is 1. The van der Waals surface area contributed by atoms with Crippen LogP contribution in [0.1, 0.15) is 54.7 Å². The smallest absolute Gasteiger partial charge is 0.225 e. The number of allylic oxidation sites excluding steroid dienone is 2.